The first kappa shape index (κ1) is 27.2. The van der Waals surface area contributed by atoms with Gasteiger partial charge < -0.3 is 19.4 Å². The van der Waals surface area contributed by atoms with Crippen LogP contribution in [0.15, 0.2) is 52.1 Å². The van der Waals surface area contributed by atoms with Gasteiger partial charge in [0, 0.05) is 19.7 Å². The number of halogens is 3. The SMILES string of the molecule is [CH2]CN(C)c1cc(F)ccc1Nc1cc(F)c(S(=O)(=O)N(C(=O)OC(C)(C)C)c2ncco2)cc1Cl. The third kappa shape index (κ3) is 5.88. The zero-order chi connectivity index (χ0) is 26.8. The minimum Gasteiger partial charge on any atom is -0.443 e. The predicted octanol–water partition coefficient (Wildman–Crippen LogP) is 5.75. The van der Waals surface area contributed by atoms with Crippen LogP contribution in [-0.4, -0.2) is 38.7 Å². The molecule has 1 radical (unpaired) electrons. The minimum atomic E-state index is -4.92. The van der Waals surface area contributed by atoms with E-state index in [0.29, 0.717) is 17.9 Å². The molecular formula is C23H24ClF2N4O5S. The van der Waals surface area contributed by atoms with Gasteiger partial charge >= 0.3 is 12.1 Å². The Morgan fingerprint density at radius 3 is 2.50 bits per heavy atom. The Kier molecular flexibility index (Phi) is 7.79. The van der Waals surface area contributed by atoms with Crippen LogP contribution in [0.1, 0.15) is 20.8 Å². The van der Waals surface area contributed by atoms with Crippen LogP contribution in [0.5, 0.6) is 0 Å². The highest BCUT2D eigenvalue weighted by Gasteiger charge is 2.39. The van der Waals surface area contributed by atoms with Gasteiger partial charge in [-0.2, -0.15) is 0 Å². The highest BCUT2D eigenvalue weighted by molar-refractivity contribution is 7.93. The van der Waals surface area contributed by atoms with Gasteiger partial charge in [-0.25, -0.2) is 27.0 Å². The molecule has 0 bridgehead atoms. The number of rotatable bonds is 7. The number of anilines is 4. The monoisotopic (exact) mass is 541 g/mol. The van der Waals surface area contributed by atoms with E-state index in [9.17, 15) is 17.6 Å². The third-order valence-electron chi connectivity index (χ3n) is 4.67. The molecule has 36 heavy (non-hydrogen) atoms. The topological polar surface area (TPSA) is 105 Å². The van der Waals surface area contributed by atoms with E-state index in [4.69, 9.17) is 20.8 Å². The molecule has 3 aromatic rings. The molecule has 0 aliphatic carbocycles. The van der Waals surface area contributed by atoms with E-state index in [2.05, 4.69) is 17.2 Å². The van der Waals surface area contributed by atoms with Crippen molar-refractivity contribution in [2.45, 2.75) is 31.3 Å². The van der Waals surface area contributed by atoms with E-state index in [1.165, 1.54) is 39.0 Å². The number of carbonyl (C=O) groups is 1. The molecule has 3 rings (SSSR count). The minimum absolute atomic E-state index is 0.00150. The van der Waals surface area contributed by atoms with Crippen LogP contribution in [0, 0.1) is 18.6 Å². The zero-order valence-electron chi connectivity index (χ0n) is 19.9. The zero-order valence-corrected chi connectivity index (χ0v) is 21.5. The molecule has 0 saturated carbocycles. The molecule has 13 heteroatoms. The number of oxazole rings is 1. The molecule has 0 aliphatic heterocycles. The van der Waals surface area contributed by atoms with Gasteiger partial charge in [0.15, 0.2) is 0 Å². The van der Waals surface area contributed by atoms with Crippen molar-refractivity contribution in [3.63, 3.8) is 0 Å². The molecular weight excluding hydrogens is 518 g/mol. The smallest absolute Gasteiger partial charge is 0.433 e. The molecule has 1 N–H and O–H groups in total. The molecule has 0 saturated heterocycles. The van der Waals surface area contributed by atoms with Gasteiger partial charge in [-0.1, -0.05) is 11.6 Å². The van der Waals surface area contributed by atoms with Crippen molar-refractivity contribution in [2.24, 2.45) is 0 Å². The first-order valence-electron chi connectivity index (χ1n) is 10.5. The van der Waals surface area contributed by atoms with Gasteiger partial charge in [-0.05, 0) is 52.0 Å². The van der Waals surface area contributed by atoms with Gasteiger partial charge in [0.05, 0.1) is 28.3 Å². The number of benzene rings is 2. The molecule has 0 unspecified atom stereocenters. The van der Waals surface area contributed by atoms with Gasteiger partial charge in [0.1, 0.15) is 28.4 Å². The number of sulfonamides is 1. The Morgan fingerprint density at radius 2 is 1.92 bits per heavy atom. The number of amides is 1. The van der Waals surface area contributed by atoms with Crippen molar-refractivity contribution in [2.75, 3.05) is 28.1 Å². The second kappa shape index (κ2) is 10.3. The summed E-state index contributed by atoms with van der Waals surface area (Å²) in [6.45, 7) is 8.64. The maximum absolute atomic E-state index is 15.2. The number of ether oxygens (including phenoxy) is 1. The lowest BCUT2D eigenvalue weighted by atomic mass is 10.2. The summed E-state index contributed by atoms with van der Waals surface area (Å²) in [4.78, 5) is 17.2. The molecule has 9 nitrogen and oxygen atoms in total. The molecule has 0 aliphatic rings. The maximum atomic E-state index is 15.2. The summed E-state index contributed by atoms with van der Waals surface area (Å²) < 4.78 is 66.0. The quantitative estimate of drug-likeness (QED) is 0.403. The van der Waals surface area contributed by atoms with Crippen molar-refractivity contribution < 1.29 is 31.1 Å². The average Bonchev–Trinajstić information content (AvgIpc) is 3.29. The van der Waals surface area contributed by atoms with E-state index in [-0.39, 0.29) is 15.0 Å². The van der Waals surface area contributed by atoms with Gasteiger partial charge in [-0.3, -0.25) is 0 Å². The fourth-order valence-corrected chi connectivity index (χ4v) is 4.58. The summed E-state index contributed by atoms with van der Waals surface area (Å²) in [5.74, 6) is -1.72. The van der Waals surface area contributed by atoms with Crippen molar-refractivity contribution in [3.05, 3.63) is 66.4 Å². The Bertz CT molecular complexity index is 1360. The summed E-state index contributed by atoms with van der Waals surface area (Å²) in [6.07, 6.45) is 0.804. The predicted molar refractivity (Wildman–Crippen MR) is 132 cm³/mol. The molecule has 1 heterocycles. The second-order valence-corrected chi connectivity index (χ2v) is 10.7. The fraction of sp³-hybridized carbons (Fsp3) is 0.261. The first-order valence-corrected chi connectivity index (χ1v) is 12.3. The van der Waals surface area contributed by atoms with Crippen LogP contribution in [0.4, 0.5) is 36.7 Å². The third-order valence-corrected chi connectivity index (χ3v) is 6.64. The Morgan fingerprint density at radius 1 is 1.22 bits per heavy atom. The number of nitrogens with one attached hydrogen (secondary N) is 1. The molecule has 0 spiro atoms. The summed E-state index contributed by atoms with van der Waals surface area (Å²) >= 11 is 6.30. The van der Waals surface area contributed by atoms with E-state index in [1.54, 1.807) is 11.9 Å². The fourth-order valence-electron chi connectivity index (χ4n) is 3.01. The van der Waals surface area contributed by atoms with Crippen molar-refractivity contribution in [1.29, 1.82) is 0 Å². The number of hydrogen-bond acceptors (Lipinski definition) is 8. The van der Waals surface area contributed by atoms with E-state index in [0.717, 1.165) is 24.6 Å². The van der Waals surface area contributed by atoms with Crippen molar-refractivity contribution in [1.82, 2.24) is 4.98 Å². The number of hydrogen-bond donors (Lipinski definition) is 1. The Hall–Kier alpha value is -3.38. The highest BCUT2D eigenvalue weighted by Crippen LogP contribution is 2.36. The largest absolute Gasteiger partial charge is 0.443 e. The van der Waals surface area contributed by atoms with Crippen LogP contribution in [0.3, 0.4) is 0 Å². The lowest BCUT2D eigenvalue weighted by Gasteiger charge is -2.25. The molecule has 0 atom stereocenters. The van der Waals surface area contributed by atoms with Gasteiger partial charge in [0.2, 0.25) is 0 Å². The second-order valence-electron chi connectivity index (χ2n) is 8.53. The number of nitrogens with zero attached hydrogens (tertiary/aromatic N) is 3. The standard InChI is InChI=1S/C23H24ClF2N4O5S/c1-6-29(5)19-11-14(25)7-8-17(19)28-18-13-16(26)20(12-15(18)24)36(32,33)30(21-27-9-10-34-21)22(31)35-23(2,3)4/h7-13,28H,1,6H2,2-5H3. The Balaban J connectivity index is 2.05. The van der Waals surface area contributed by atoms with Crippen LogP contribution < -0.4 is 14.5 Å². The van der Waals surface area contributed by atoms with Crippen LogP contribution in [0.2, 0.25) is 5.02 Å². The van der Waals surface area contributed by atoms with E-state index in [1.807, 2.05) is 0 Å². The normalized spacial score (nSPS) is 11.8. The summed E-state index contributed by atoms with van der Waals surface area (Å²) in [5, 5.41) is 2.68. The first-order chi connectivity index (χ1) is 16.7. The molecule has 1 amide bonds. The average molecular weight is 542 g/mol. The lowest BCUT2D eigenvalue weighted by Crippen LogP contribution is -2.41. The number of aromatic nitrogens is 1. The van der Waals surface area contributed by atoms with Crippen molar-refractivity contribution in [3.8, 4) is 0 Å². The van der Waals surface area contributed by atoms with Crippen LogP contribution in [-0.2, 0) is 14.8 Å². The Labute approximate surface area is 212 Å². The molecule has 193 valence electrons. The lowest BCUT2D eigenvalue weighted by molar-refractivity contribution is 0.0603. The molecule has 2 aromatic carbocycles. The van der Waals surface area contributed by atoms with Crippen molar-refractivity contribution >= 4 is 50.8 Å². The summed E-state index contributed by atoms with van der Waals surface area (Å²) in [6, 6.07) is 4.90. The maximum Gasteiger partial charge on any atom is 0.433 e. The van der Waals surface area contributed by atoms with Gasteiger partial charge in [0.25, 0.3) is 10.0 Å². The van der Waals surface area contributed by atoms with Gasteiger partial charge in [-0.15, -0.1) is 4.31 Å². The van der Waals surface area contributed by atoms with E-state index < -0.39 is 44.3 Å². The highest BCUT2D eigenvalue weighted by atomic mass is 35.5. The summed E-state index contributed by atoms with van der Waals surface area (Å²) in [7, 11) is -3.24. The molecule has 0 fully saturated rings. The molecule has 1 aromatic heterocycles. The summed E-state index contributed by atoms with van der Waals surface area (Å²) in [5.41, 5.74) is -0.290. The number of carbonyl (C=O) groups excluding carboxylic acids is 1. The van der Waals surface area contributed by atoms with Crippen LogP contribution in [0.25, 0.3) is 0 Å². The van der Waals surface area contributed by atoms with Crippen LogP contribution >= 0.6 is 11.6 Å². The van der Waals surface area contributed by atoms with E-state index >= 15 is 4.39 Å².